The second kappa shape index (κ2) is 8.01. The number of amides is 1. The van der Waals surface area contributed by atoms with Gasteiger partial charge in [-0.25, -0.2) is 0 Å². The van der Waals surface area contributed by atoms with Crippen LogP contribution < -0.4 is 10.1 Å². The minimum absolute atomic E-state index is 0.196. The van der Waals surface area contributed by atoms with E-state index in [0.717, 1.165) is 15.6 Å². The highest BCUT2D eigenvalue weighted by Crippen LogP contribution is 2.33. The number of alkyl halides is 3. The molecule has 3 aromatic rings. The second-order valence-corrected chi connectivity index (χ2v) is 6.81. The van der Waals surface area contributed by atoms with Gasteiger partial charge in [-0.3, -0.25) is 4.79 Å². The monoisotopic (exact) mass is 415 g/mol. The molecule has 2 heterocycles. The van der Waals surface area contributed by atoms with Crippen molar-refractivity contribution < 1.29 is 22.7 Å². The van der Waals surface area contributed by atoms with Gasteiger partial charge in [0.25, 0.3) is 5.91 Å². The third-order valence-corrected chi connectivity index (χ3v) is 4.63. The lowest BCUT2D eigenvalue weighted by atomic mass is 10.3. The van der Waals surface area contributed by atoms with E-state index in [1.807, 2.05) is 17.5 Å². The van der Waals surface area contributed by atoms with Crippen molar-refractivity contribution in [3.63, 3.8) is 0 Å². The summed E-state index contributed by atoms with van der Waals surface area (Å²) in [5.74, 6) is -0.703. The molecule has 10 heteroatoms. The van der Waals surface area contributed by atoms with Gasteiger partial charge in [-0.1, -0.05) is 29.8 Å². The molecule has 0 spiro atoms. The number of carbonyl (C=O) groups excluding carboxylic acids is 1. The molecular weight excluding hydrogens is 403 g/mol. The zero-order valence-electron chi connectivity index (χ0n) is 13.7. The quantitative estimate of drug-likeness (QED) is 0.653. The number of halogens is 4. The third-order valence-electron chi connectivity index (χ3n) is 3.44. The molecule has 142 valence electrons. The van der Waals surface area contributed by atoms with Crippen LogP contribution in [0.2, 0.25) is 5.02 Å². The Morgan fingerprint density at radius 2 is 2.04 bits per heavy atom. The summed E-state index contributed by atoms with van der Waals surface area (Å²) < 4.78 is 45.3. The number of ether oxygens (including phenoxy) is 1. The fourth-order valence-corrected chi connectivity index (χ4v) is 3.05. The molecule has 27 heavy (non-hydrogen) atoms. The van der Waals surface area contributed by atoms with Crippen molar-refractivity contribution in [3.05, 3.63) is 63.4 Å². The smallest absolute Gasteiger partial charge is 0.435 e. The highest BCUT2D eigenvalue weighted by Gasteiger charge is 2.35. The first-order chi connectivity index (χ1) is 12.8. The van der Waals surface area contributed by atoms with Crippen molar-refractivity contribution in [2.75, 3.05) is 6.61 Å². The van der Waals surface area contributed by atoms with Crippen LogP contribution in [-0.4, -0.2) is 22.3 Å². The van der Waals surface area contributed by atoms with Crippen LogP contribution in [0.25, 0.3) is 5.69 Å². The zero-order chi connectivity index (χ0) is 19.4. The summed E-state index contributed by atoms with van der Waals surface area (Å²) in [7, 11) is 0. The van der Waals surface area contributed by atoms with Crippen molar-refractivity contribution in [2.24, 2.45) is 0 Å². The number of benzene rings is 1. The van der Waals surface area contributed by atoms with Crippen molar-refractivity contribution in [3.8, 4) is 11.6 Å². The van der Waals surface area contributed by atoms with Crippen molar-refractivity contribution in [2.45, 2.75) is 12.7 Å². The van der Waals surface area contributed by atoms with Crippen LogP contribution in [0.15, 0.2) is 47.8 Å². The lowest BCUT2D eigenvalue weighted by Crippen LogP contribution is -2.28. The maximum Gasteiger partial charge on any atom is 0.435 e. The van der Waals surface area contributed by atoms with Crippen molar-refractivity contribution in [1.82, 2.24) is 15.1 Å². The average Bonchev–Trinajstić information content (AvgIpc) is 3.28. The molecule has 0 radical (unpaired) electrons. The Balaban J connectivity index is 1.76. The van der Waals surface area contributed by atoms with Gasteiger partial charge in [0.1, 0.15) is 0 Å². The largest absolute Gasteiger partial charge is 0.467 e. The first-order valence-corrected chi connectivity index (χ1v) is 8.94. The number of para-hydroxylation sites is 1. The van der Waals surface area contributed by atoms with Crippen LogP contribution in [0.5, 0.6) is 5.88 Å². The normalized spacial score (nSPS) is 11.4. The molecular formula is C17H13ClF3N3O2S. The predicted molar refractivity (Wildman–Crippen MR) is 95.2 cm³/mol. The molecule has 1 aromatic carbocycles. The van der Waals surface area contributed by atoms with Gasteiger partial charge in [-0.05, 0) is 23.6 Å². The Bertz CT molecular complexity index is 926. The molecule has 1 amide bonds. The molecule has 0 atom stereocenters. The first-order valence-electron chi connectivity index (χ1n) is 7.68. The Hall–Kier alpha value is -2.52. The predicted octanol–water partition coefficient (Wildman–Crippen LogP) is 4.30. The summed E-state index contributed by atoms with van der Waals surface area (Å²) in [6.45, 7) is -0.143. The summed E-state index contributed by atoms with van der Waals surface area (Å²) in [6, 6.07) is 10.7. The van der Waals surface area contributed by atoms with Gasteiger partial charge < -0.3 is 10.1 Å². The molecule has 0 fully saturated rings. The van der Waals surface area contributed by atoms with Crippen LogP contribution in [0.1, 0.15) is 10.6 Å². The number of aromatic nitrogens is 2. The fraction of sp³-hybridized carbons (Fsp3) is 0.176. The van der Waals surface area contributed by atoms with Crippen LogP contribution in [0, 0.1) is 0 Å². The number of nitrogens with one attached hydrogen (secondary N) is 1. The average molecular weight is 416 g/mol. The molecule has 3 rings (SSSR count). The molecule has 0 aliphatic rings. The molecule has 0 bridgehead atoms. The molecule has 2 aromatic heterocycles. The summed E-state index contributed by atoms with van der Waals surface area (Å²) >= 11 is 7.53. The standard InChI is InChI=1S/C17H13ClF3N3O2S/c18-12-5-1-2-6-13(12)24-16(8-14(23-24)17(19,20)21)26-10-15(25)22-9-11-4-3-7-27-11/h1-8H,9-10H2,(H,22,25). The van der Waals surface area contributed by atoms with Crippen LogP contribution in [-0.2, 0) is 17.5 Å². The molecule has 0 aliphatic heterocycles. The van der Waals surface area contributed by atoms with E-state index >= 15 is 0 Å². The Morgan fingerprint density at radius 3 is 2.70 bits per heavy atom. The van der Waals surface area contributed by atoms with E-state index in [9.17, 15) is 18.0 Å². The van der Waals surface area contributed by atoms with E-state index in [4.69, 9.17) is 16.3 Å². The summed E-state index contributed by atoms with van der Waals surface area (Å²) in [4.78, 5) is 12.9. The molecule has 0 saturated heterocycles. The lowest BCUT2D eigenvalue weighted by molar-refractivity contribution is -0.141. The van der Waals surface area contributed by atoms with Crippen LogP contribution in [0.3, 0.4) is 0 Å². The van der Waals surface area contributed by atoms with Crippen LogP contribution in [0.4, 0.5) is 13.2 Å². The van der Waals surface area contributed by atoms with Gasteiger partial charge in [0.2, 0.25) is 5.88 Å². The molecule has 5 nitrogen and oxygen atoms in total. The van der Waals surface area contributed by atoms with E-state index in [2.05, 4.69) is 10.4 Å². The fourth-order valence-electron chi connectivity index (χ4n) is 2.19. The van der Waals surface area contributed by atoms with Crippen molar-refractivity contribution in [1.29, 1.82) is 0 Å². The number of thiophene rings is 1. The van der Waals surface area contributed by atoms with Gasteiger partial charge >= 0.3 is 6.18 Å². The van der Waals surface area contributed by atoms with Gasteiger partial charge in [0, 0.05) is 10.9 Å². The molecule has 1 N–H and O–H groups in total. The second-order valence-electron chi connectivity index (χ2n) is 5.37. The molecule has 0 aliphatic carbocycles. The minimum Gasteiger partial charge on any atom is -0.467 e. The Labute approximate surface area is 161 Å². The van der Waals surface area contributed by atoms with Gasteiger partial charge in [0.05, 0.1) is 17.3 Å². The third kappa shape index (κ3) is 4.81. The summed E-state index contributed by atoms with van der Waals surface area (Å²) in [6.07, 6.45) is -4.66. The summed E-state index contributed by atoms with van der Waals surface area (Å²) in [5, 5.41) is 8.23. The number of rotatable bonds is 6. The Kier molecular flexibility index (Phi) is 5.71. The maximum atomic E-state index is 13.0. The zero-order valence-corrected chi connectivity index (χ0v) is 15.2. The van der Waals surface area contributed by atoms with E-state index in [1.165, 1.54) is 23.5 Å². The topological polar surface area (TPSA) is 56.1 Å². The van der Waals surface area contributed by atoms with E-state index < -0.39 is 24.4 Å². The lowest BCUT2D eigenvalue weighted by Gasteiger charge is -2.10. The number of hydrogen-bond donors (Lipinski definition) is 1. The number of nitrogens with zero attached hydrogens (tertiary/aromatic N) is 2. The highest BCUT2D eigenvalue weighted by molar-refractivity contribution is 7.09. The van der Waals surface area contributed by atoms with E-state index in [-0.39, 0.29) is 16.6 Å². The minimum atomic E-state index is -4.66. The van der Waals surface area contributed by atoms with Gasteiger partial charge in [-0.2, -0.15) is 23.0 Å². The summed E-state index contributed by atoms with van der Waals surface area (Å²) in [5.41, 5.74) is -0.930. The van der Waals surface area contributed by atoms with Gasteiger partial charge in [-0.15, -0.1) is 11.3 Å². The first kappa shape index (κ1) is 19.2. The molecule has 0 saturated carbocycles. The highest BCUT2D eigenvalue weighted by atomic mass is 35.5. The SMILES string of the molecule is O=C(COc1cc(C(F)(F)F)nn1-c1ccccc1Cl)NCc1cccs1. The van der Waals surface area contributed by atoms with E-state index in [1.54, 1.807) is 12.1 Å². The number of hydrogen-bond acceptors (Lipinski definition) is 4. The number of carbonyl (C=O) groups is 1. The van der Waals surface area contributed by atoms with Crippen molar-refractivity contribution >= 4 is 28.8 Å². The van der Waals surface area contributed by atoms with Gasteiger partial charge in [0.15, 0.2) is 12.3 Å². The van der Waals surface area contributed by atoms with Crippen LogP contribution >= 0.6 is 22.9 Å². The Morgan fingerprint density at radius 1 is 1.26 bits per heavy atom. The molecule has 0 unspecified atom stereocenters. The maximum absolute atomic E-state index is 13.0. The van der Waals surface area contributed by atoms with E-state index in [0.29, 0.717) is 6.54 Å².